The van der Waals surface area contributed by atoms with Gasteiger partial charge in [-0.3, -0.25) is 0 Å². The highest BCUT2D eigenvalue weighted by atomic mass is 79.9. The minimum absolute atomic E-state index is 0.559. The maximum atomic E-state index is 5.40. The topological polar surface area (TPSA) is 67.1 Å². The zero-order chi connectivity index (χ0) is 13.8. The van der Waals surface area contributed by atoms with Gasteiger partial charge in [-0.15, -0.1) is 0 Å². The van der Waals surface area contributed by atoms with E-state index in [2.05, 4.69) is 53.3 Å². The number of benzene rings is 1. The molecule has 7 heteroatoms. The second kappa shape index (κ2) is 6.31. The van der Waals surface area contributed by atoms with Crippen molar-refractivity contribution in [3.05, 3.63) is 45.1 Å². The van der Waals surface area contributed by atoms with E-state index in [0.717, 1.165) is 21.3 Å². The molecule has 2 aromatic rings. The Morgan fingerprint density at radius 3 is 2.68 bits per heavy atom. The summed E-state index contributed by atoms with van der Waals surface area (Å²) in [4.78, 5) is 10.3. The summed E-state index contributed by atoms with van der Waals surface area (Å²) in [5.41, 5.74) is 3.71. The van der Waals surface area contributed by atoms with Crippen molar-refractivity contribution in [3.8, 4) is 0 Å². The molecule has 0 atom stereocenters. The number of hydrazine groups is 1. The monoisotopic (exact) mass is 385 g/mol. The van der Waals surface area contributed by atoms with Crippen LogP contribution < -0.4 is 16.2 Å². The van der Waals surface area contributed by atoms with Crippen LogP contribution in [0.4, 0.5) is 11.6 Å². The van der Waals surface area contributed by atoms with Gasteiger partial charge in [-0.25, -0.2) is 15.8 Å². The van der Waals surface area contributed by atoms with Crippen LogP contribution in [0.15, 0.2) is 39.5 Å². The van der Waals surface area contributed by atoms with E-state index in [1.807, 2.05) is 30.1 Å². The first-order valence-corrected chi connectivity index (χ1v) is 7.13. The van der Waals surface area contributed by atoms with Gasteiger partial charge >= 0.3 is 0 Å². The highest BCUT2D eigenvalue weighted by molar-refractivity contribution is 9.11. The van der Waals surface area contributed by atoms with Gasteiger partial charge in [0, 0.05) is 18.1 Å². The van der Waals surface area contributed by atoms with Crippen molar-refractivity contribution in [2.45, 2.75) is 6.54 Å². The third kappa shape index (κ3) is 3.23. The van der Waals surface area contributed by atoms with Crippen LogP contribution in [0.25, 0.3) is 0 Å². The number of halogens is 2. The molecule has 0 radical (unpaired) electrons. The van der Waals surface area contributed by atoms with Crippen molar-refractivity contribution in [1.29, 1.82) is 0 Å². The van der Waals surface area contributed by atoms with E-state index < -0.39 is 0 Å². The van der Waals surface area contributed by atoms with Crippen LogP contribution >= 0.6 is 31.9 Å². The average molecular weight is 387 g/mol. The Labute approximate surface area is 128 Å². The first-order chi connectivity index (χ1) is 9.13. The van der Waals surface area contributed by atoms with E-state index in [1.54, 1.807) is 0 Å². The van der Waals surface area contributed by atoms with E-state index in [1.165, 1.54) is 11.9 Å². The number of nitrogens with two attached hydrogens (primary N) is 1. The molecule has 2 rings (SSSR count). The molecule has 0 aliphatic carbocycles. The van der Waals surface area contributed by atoms with Gasteiger partial charge in [0.25, 0.3) is 0 Å². The van der Waals surface area contributed by atoms with Crippen molar-refractivity contribution in [3.63, 3.8) is 0 Å². The molecule has 0 amide bonds. The molecule has 5 nitrogen and oxygen atoms in total. The molecule has 1 aromatic carbocycles. The number of rotatable bonds is 4. The summed E-state index contributed by atoms with van der Waals surface area (Å²) in [6, 6.07) is 8.09. The van der Waals surface area contributed by atoms with Crippen LogP contribution in [0.5, 0.6) is 0 Å². The molecule has 0 fully saturated rings. The van der Waals surface area contributed by atoms with Gasteiger partial charge in [-0.1, -0.05) is 34.1 Å². The maximum Gasteiger partial charge on any atom is 0.159 e. The number of hydrogen-bond donors (Lipinski definition) is 2. The summed E-state index contributed by atoms with van der Waals surface area (Å²) in [6.07, 6.45) is 1.48. The van der Waals surface area contributed by atoms with Crippen LogP contribution in [0, 0.1) is 0 Å². The molecule has 0 spiro atoms. The Morgan fingerprint density at radius 1 is 1.26 bits per heavy atom. The Morgan fingerprint density at radius 2 is 2.00 bits per heavy atom. The van der Waals surface area contributed by atoms with Gasteiger partial charge in [-0.05, 0) is 27.6 Å². The van der Waals surface area contributed by atoms with Crippen molar-refractivity contribution in [2.24, 2.45) is 5.84 Å². The number of aromatic nitrogens is 2. The van der Waals surface area contributed by atoms with Gasteiger partial charge in [0.2, 0.25) is 0 Å². The first kappa shape index (κ1) is 14.2. The van der Waals surface area contributed by atoms with Gasteiger partial charge in [0.05, 0.1) is 0 Å². The molecule has 0 saturated heterocycles. The van der Waals surface area contributed by atoms with Crippen molar-refractivity contribution >= 4 is 43.5 Å². The summed E-state index contributed by atoms with van der Waals surface area (Å²) in [7, 11) is 1.97. The molecule has 0 aliphatic rings. The number of anilines is 2. The zero-order valence-corrected chi connectivity index (χ0v) is 13.4. The van der Waals surface area contributed by atoms with Crippen molar-refractivity contribution in [1.82, 2.24) is 9.97 Å². The molecular weight excluding hydrogens is 374 g/mol. The van der Waals surface area contributed by atoms with Crippen LogP contribution in [0.2, 0.25) is 0 Å². The van der Waals surface area contributed by atoms with Crippen LogP contribution in [-0.4, -0.2) is 17.0 Å². The second-order valence-corrected chi connectivity index (χ2v) is 5.60. The first-order valence-electron chi connectivity index (χ1n) is 5.55. The number of nitrogens with one attached hydrogen (secondary N) is 1. The predicted octanol–water partition coefficient (Wildman–Crippen LogP) is 2.92. The van der Waals surface area contributed by atoms with Crippen LogP contribution in [-0.2, 0) is 6.54 Å². The third-order valence-corrected chi connectivity index (χ3v) is 4.14. The lowest BCUT2D eigenvalue weighted by Gasteiger charge is -2.20. The SMILES string of the molecule is CN(Cc1ccccc1Br)c1ncnc(NN)c1Br. The van der Waals surface area contributed by atoms with Crippen molar-refractivity contribution in [2.75, 3.05) is 17.4 Å². The number of nitrogens with zero attached hydrogens (tertiary/aromatic N) is 3. The smallest absolute Gasteiger partial charge is 0.159 e. The molecular formula is C12H13Br2N5. The molecule has 0 aliphatic heterocycles. The summed E-state index contributed by atoms with van der Waals surface area (Å²) in [6.45, 7) is 0.723. The summed E-state index contributed by atoms with van der Waals surface area (Å²) < 4.78 is 1.82. The molecule has 1 aromatic heterocycles. The standard InChI is InChI=1S/C12H13Br2N5/c1-19(6-8-4-2-3-5-9(8)13)12-10(14)11(18-15)16-7-17-12/h2-5,7H,6,15H2,1H3,(H,16,17,18). The molecule has 100 valence electrons. The van der Waals surface area contributed by atoms with E-state index in [0.29, 0.717) is 5.82 Å². The number of nitrogen functional groups attached to an aromatic ring is 1. The molecule has 3 N–H and O–H groups in total. The second-order valence-electron chi connectivity index (χ2n) is 3.95. The third-order valence-electron chi connectivity index (χ3n) is 2.63. The Kier molecular flexibility index (Phi) is 4.73. The van der Waals surface area contributed by atoms with Gasteiger partial charge in [-0.2, -0.15) is 0 Å². The highest BCUT2D eigenvalue weighted by Gasteiger charge is 2.13. The molecule has 0 unspecified atom stereocenters. The van der Waals surface area contributed by atoms with Gasteiger partial charge < -0.3 is 10.3 Å². The fourth-order valence-electron chi connectivity index (χ4n) is 1.68. The van der Waals surface area contributed by atoms with E-state index in [4.69, 9.17) is 5.84 Å². The lowest BCUT2D eigenvalue weighted by molar-refractivity contribution is 0.882. The summed E-state index contributed by atoms with van der Waals surface area (Å²) in [5.74, 6) is 6.74. The quantitative estimate of drug-likeness (QED) is 0.624. The van der Waals surface area contributed by atoms with Crippen LogP contribution in [0.3, 0.4) is 0 Å². The normalized spacial score (nSPS) is 10.3. The van der Waals surface area contributed by atoms with Gasteiger partial charge in [0.15, 0.2) is 5.82 Å². The molecule has 19 heavy (non-hydrogen) atoms. The lowest BCUT2D eigenvalue weighted by atomic mass is 10.2. The fourth-order valence-corrected chi connectivity index (χ4v) is 2.72. The number of hydrogen-bond acceptors (Lipinski definition) is 5. The summed E-state index contributed by atoms with van der Waals surface area (Å²) >= 11 is 6.99. The van der Waals surface area contributed by atoms with E-state index in [9.17, 15) is 0 Å². The van der Waals surface area contributed by atoms with Gasteiger partial charge in [0.1, 0.15) is 16.6 Å². The molecule has 0 saturated carbocycles. The fraction of sp³-hybridized carbons (Fsp3) is 0.167. The minimum atomic E-state index is 0.559. The zero-order valence-electron chi connectivity index (χ0n) is 10.3. The molecule has 1 heterocycles. The highest BCUT2D eigenvalue weighted by Crippen LogP contribution is 2.29. The Hall–Kier alpha value is -1.18. The average Bonchev–Trinajstić information content (AvgIpc) is 2.41. The summed E-state index contributed by atoms with van der Waals surface area (Å²) in [5, 5.41) is 0. The van der Waals surface area contributed by atoms with Crippen molar-refractivity contribution < 1.29 is 0 Å². The largest absolute Gasteiger partial charge is 0.354 e. The van der Waals surface area contributed by atoms with E-state index in [-0.39, 0.29) is 0 Å². The van der Waals surface area contributed by atoms with E-state index >= 15 is 0 Å². The Bertz CT molecular complexity index is 576. The minimum Gasteiger partial charge on any atom is -0.354 e. The van der Waals surface area contributed by atoms with Crippen LogP contribution in [0.1, 0.15) is 5.56 Å². The Balaban J connectivity index is 2.26. The molecule has 0 bridgehead atoms. The lowest BCUT2D eigenvalue weighted by Crippen LogP contribution is -2.20. The predicted molar refractivity (Wildman–Crippen MR) is 83.8 cm³/mol. The maximum absolute atomic E-state index is 5.40.